The molecule has 0 aliphatic carbocycles. The Hall–Kier alpha value is -2.58. The molecule has 1 aromatic heterocycles. The van der Waals surface area contributed by atoms with Crippen LogP contribution >= 0.6 is 23.5 Å². The number of hydrogen-bond acceptors (Lipinski definition) is 5. The van der Waals surface area contributed by atoms with Gasteiger partial charge in [-0.2, -0.15) is 10.0 Å². The second kappa shape index (κ2) is 7.92. The molecular weight excluding hydrogens is 414 g/mol. The van der Waals surface area contributed by atoms with Gasteiger partial charge in [-0.3, -0.25) is 10.2 Å². The van der Waals surface area contributed by atoms with Gasteiger partial charge in [-0.05, 0) is 74.5 Å². The van der Waals surface area contributed by atoms with Gasteiger partial charge in [0.25, 0.3) is 5.91 Å². The highest BCUT2D eigenvalue weighted by Gasteiger charge is 2.35. The smallest absolute Gasteiger partial charge is 0.283 e. The number of amides is 1. The molecule has 0 unspecified atom stereocenters. The molecule has 1 aromatic carbocycles. The number of thioether (sulfide) groups is 2. The summed E-state index contributed by atoms with van der Waals surface area (Å²) < 4.78 is 3.00. The molecule has 6 nitrogen and oxygen atoms in total. The normalized spacial score (nSPS) is 17.5. The molecule has 0 fully saturated rings. The van der Waals surface area contributed by atoms with Gasteiger partial charge in [0.2, 0.25) is 5.17 Å². The lowest BCUT2D eigenvalue weighted by atomic mass is 10.1. The quantitative estimate of drug-likeness (QED) is 0.683. The first-order valence-electron chi connectivity index (χ1n) is 9.69. The molecule has 3 heterocycles. The zero-order chi connectivity index (χ0) is 21.6. The first-order chi connectivity index (χ1) is 14.3. The Morgan fingerprint density at radius 3 is 2.67 bits per heavy atom. The van der Waals surface area contributed by atoms with Gasteiger partial charge in [-0.15, -0.1) is 5.10 Å². The van der Waals surface area contributed by atoms with Crippen LogP contribution in [-0.4, -0.2) is 36.6 Å². The van der Waals surface area contributed by atoms with E-state index < -0.39 is 5.91 Å². The number of aromatic nitrogens is 1. The largest absolute Gasteiger partial charge is 0.318 e. The van der Waals surface area contributed by atoms with Gasteiger partial charge in [-0.25, -0.2) is 0 Å². The molecule has 4 rings (SSSR count). The Kier molecular flexibility index (Phi) is 5.46. The Labute approximate surface area is 184 Å². The van der Waals surface area contributed by atoms with Crippen molar-refractivity contribution in [3.63, 3.8) is 0 Å². The number of carbonyl (C=O) groups excluding carboxylic acids is 1. The minimum absolute atomic E-state index is 0.0699. The third-order valence-corrected chi connectivity index (χ3v) is 6.99. The fraction of sp³-hybridized carbons (Fsp3) is 0.273. The molecule has 154 valence electrons. The van der Waals surface area contributed by atoms with Crippen LogP contribution in [0.5, 0.6) is 0 Å². The maximum absolute atomic E-state index is 12.7. The van der Waals surface area contributed by atoms with Crippen molar-refractivity contribution in [3.05, 3.63) is 57.9 Å². The number of benzene rings is 1. The molecule has 2 aliphatic rings. The molecule has 8 heteroatoms. The van der Waals surface area contributed by atoms with Crippen molar-refractivity contribution < 1.29 is 4.79 Å². The average Bonchev–Trinajstić information content (AvgIpc) is 3.20. The van der Waals surface area contributed by atoms with Gasteiger partial charge in [0.1, 0.15) is 0 Å². The molecule has 0 atom stereocenters. The molecule has 2 aromatic rings. The van der Waals surface area contributed by atoms with Gasteiger partial charge >= 0.3 is 0 Å². The van der Waals surface area contributed by atoms with Crippen LogP contribution in [0, 0.1) is 33.1 Å². The Bertz CT molecular complexity index is 1170. The number of hydrazone groups is 1. The van der Waals surface area contributed by atoms with E-state index in [2.05, 4.69) is 46.7 Å². The molecule has 1 N–H and O–H groups in total. The van der Waals surface area contributed by atoms with Gasteiger partial charge in [0.05, 0.1) is 5.57 Å². The van der Waals surface area contributed by atoms with Crippen LogP contribution in [-0.2, 0) is 4.79 Å². The predicted molar refractivity (Wildman–Crippen MR) is 128 cm³/mol. The lowest BCUT2D eigenvalue weighted by Gasteiger charge is -2.20. The van der Waals surface area contributed by atoms with E-state index in [0.717, 1.165) is 32.8 Å². The molecule has 0 radical (unpaired) electrons. The average molecular weight is 438 g/mol. The summed E-state index contributed by atoms with van der Waals surface area (Å²) >= 11 is 2.92. The third-order valence-electron chi connectivity index (χ3n) is 5.07. The van der Waals surface area contributed by atoms with E-state index >= 15 is 0 Å². The molecule has 2 aliphatic heterocycles. The number of fused-ring (bicyclic) bond motifs is 1. The van der Waals surface area contributed by atoms with Crippen molar-refractivity contribution in [2.45, 2.75) is 34.6 Å². The fourth-order valence-corrected chi connectivity index (χ4v) is 5.50. The fourth-order valence-electron chi connectivity index (χ4n) is 3.67. The van der Waals surface area contributed by atoms with E-state index in [1.807, 2.05) is 26.8 Å². The summed E-state index contributed by atoms with van der Waals surface area (Å²) in [6.07, 6.45) is 1.76. The van der Waals surface area contributed by atoms with Crippen LogP contribution in [0.4, 0.5) is 0 Å². The number of hydrogen-bond donors (Lipinski definition) is 1. The lowest BCUT2D eigenvalue weighted by Crippen LogP contribution is -2.35. The molecule has 30 heavy (non-hydrogen) atoms. The zero-order valence-corrected chi connectivity index (χ0v) is 19.2. The van der Waals surface area contributed by atoms with E-state index in [0.29, 0.717) is 5.17 Å². The summed E-state index contributed by atoms with van der Waals surface area (Å²) in [5, 5.41) is 14.9. The molecular formula is C22H23N5OS2. The second-order valence-electron chi connectivity index (χ2n) is 7.27. The van der Waals surface area contributed by atoms with Crippen LogP contribution in [0.1, 0.15) is 35.0 Å². The van der Waals surface area contributed by atoms with E-state index in [9.17, 15) is 4.79 Å². The van der Waals surface area contributed by atoms with E-state index in [1.165, 1.54) is 27.9 Å². The number of aliphatic imine (C=N–C) groups is 1. The molecule has 0 spiro atoms. The summed E-state index contributed by atoms with van der Waals surface area (Å²) in [6.45, 7) is 10.3. The van der Waals surface area contributed by atoms with Crippen molar-refractivity contribution in [3.8, 4) is 5.69 Å². The first kappa shape index (κ1) is 20.7. The van der Waals surface area contributed by atoms with Crippen LogP contribution in [0.2, 0.25) is 0 Å². The number of carbonyl (C=O) groups is 1. The SMILES string of the molecule is CCSC1=NN2C(=N)C(=Cc3cc(C)n(-c4ccc(C)cc4C)c3C)C(=O)N=C2S1. The number of aryl methyl sites for hydroxylation is 3. The van der Waals surface area contributed by atoms with Crippen molar-refractivity contribution in [2.75, 3.05) is 5.75 Å². The van der Waals surface area contributed by atoms with Gasteiger partial charge < -0.3 is 4.57 Å². The van der Waals surface area contributed by atoms with Crippen LogP contribution < -0.4 is 0 Å². The number of nitrogens with one attached hydrogen (secondary N) is 1. The van der Waals surface area contributed by atoms with Crippen LogP contribution in [0.25, 0.3) is 11.8 Å². The molecule has 0 bridgehead atoms. The second-order valence-corrected chi connectivity index (χ2v) is 9.74. The third kappa shape index (κ3) is 3.54. The molecule has 1 amide bonds. The number of rotatable bonds is 3. The Morgan fingerprint density at radius 1 is 1.20 bits per heavy atom. The highest BCUT2D eigenvalue weighted by molar-refractivity contribution is 8.45. The maximum Gasteiger partial charge on any atom is 0.283 e. The maximum atomic E-state index is 12.7. The standard InChI is InChI=1S/C22H23N5OS2/c1-6-29-22-25-27-19(23)17(20(28)24-21(27)30-22)11-16-10-14(4)26(15(16)5)18-8-7-12(2)9-13(18)3/h7-11,23H,6H2,1-5H3. The van der Waals surface area contributed by atoms with E-state index in [-0.39, 0.29) is 11.4 Å². The minimum Gasteiger partial charge on any atom is -0.318 e. The lowest BCUT2D eigenvalue weighted by molar-refractivity contribution is -0.114. The van der Waals surface area contributed by atoms with Gasteiger partial charge in [0, 0.05) is 17.1 Å². The van der Waals surface area contributed by atoms with Crippen molar-refractivity contribution >= 4 is 50.9 Å². The predicted octanol–water partition coefficient (Wildman–Crippen LogP) is 5.04. The van der Waals surface area contributed by atoms with Crippen molar-refractivity contribution in [1.82, 2.24) is 9.58 Å². The van der Waals surface area contributed by atoms with E-state index in [1.54, 1.807) is 17.8 Å². The monoisotopic (exact) mass is 437 g/mol. The number of nitrogens with zero attached hydrogens (tertiary/aromatic N) is 4. The molecule has 0 saturated heterocycles. The van der Waals surface area contributed by atoms with Gasteiger partial charge in [0.15, 0.2) is 10.2 Å². The summed E-state index contributed by atoms with van der Waals surface area (Å²) in [4.78, 5) is 16.8. The zero-order valence-electron chi connectivity index (χ0n) is 17.6. The Morgan fingerprint density at radius 2 is 1.97 bits per heavy atom. The Balaban J connectivity index is 1.74. The first-order valence-corrected chi connectivity index (χ1v) is 11.5. The van der Waals surface area contributed by atoms with Crippen molar-refractivity contribution in [2.24, 2.45) is 10.1 Å². The summed E-state index contributed by atoms with van der Waals surface area (Å²) in [7, 11) is 0. The van der Waals surface area contributed by atoms with Gasteiger partial charge in [-0.1, -0.05) is 36.4 Å². The molecule has 0 saturated carbocycles. The summed E-state index contributed by atoms with van der Waals surface area (Å²) in [5.74, 6) is 0.551. The van der Waals surface area contributed by atoms with Crippen LogP contribution in [0.3, 0.4) is 0 Å². The topological polar surface area (TPSA) is 73.8 Å². The van der Waals surface area contributed by atoms with Crippen LogP contribution in [0.15, 0.2) is 39.9 Å². The minimum atomic E-state index is -0.395. The summed E-state index contributed by atoms with van der Waals surface area (Å²) in [6, 6.07) is 8.43. The number of amidine groups is 2. The van der Waals surface area contributed by atoms with Crippen molar-refractivity contribution in [1.29, 1.82) is 5.41 Å². The highest BCUT2D eigenvalue weighted by atomic mass is 32.2. The summed E-state index contributed by atoms with van der Waals surface area (Å²) in [5.41, 5.74) is 6.78. The van der Waals surface area contributed by atoms with E-state index in [4.69, 9.17) is 5.41 Å². The highest BCUT2D eigenvalue weighted by Crippen LogP contribution is 2.33.